The van der Waals surface area contributed by atoms with Crippen LogP contribution in [0.25, 0.3) is 0 Å². The van der Waals surface area contributed by atoms with Gasteiger partial charge in [0.25, 0.3) is 0 Å². The summed E-state index contributed by atoms with van der Waals surface area (Å²) in [5.41, 5.74) is 0. The van der Waals surface area contributed by atoms with Crippen molar-refractivity contribution in [1.82, 2.24) is 15.2 Å². The first-order valence-corrected chi connectivity index (χ1v) is 6.66. The van der Waals surface area contributed by atoms with Gasteiger partial charge in [0.2, 0.25) is 0 Å². The molecule has 0 amide bonds. The van der Waals surface area contributed by atoms with Crippen LogP contribution in [0.4, 0.5) is 0 Å². The third kappa shape index (κ3) is 2.22. The lowest BCUT2D eigenvalue weighted by molar-refractivity contribution is 0.188. The van der Waals surface area contributed by atoms with Crippen LogP contribution in [0, 0.1) is 0 Å². The second-order valence-corrected chi connectivity index (χ2v) is 5.46. The zero-order valence-corrected chi connectivity index (χ0v) is 9.67. The van der Waals surface area contributed by atoms with Crippen LogP contribution in [0.15, 0.2) is 11.6 Å². The molecule has 1 aromatic heterocycles. The van der Waals surface area contributed by atoms with Crippen molar-refractivity contribution in [2.24, 2.45) is 0 Å². The maximum atomic E-state index is 4.39. The summed E-state index contributed by atoms with van der Waals surface area (Å²) in [6.07, 6.45) is 6.00. The fraction of sp³-hybridized carbons (Fsp3) is 0.727. The zero-order chi connectivity index (χ0) is 10.1. The normalized spacial score (nSPS) is 26.3. The van der Waals surface area contributed by atoms with Crippen molar-refractivity contribution >= 4 is 11.3 Å². The second-order valence-electron chi connectivity index (χ2n) is 4.48. The van der Waals surface area contributed by atoms with E-state index in [0.717, 1.165) is 18.6 Å². The van der Waals surface area contributed by atoms with E-state index in [1.54, 1.807) is 11.3 Å². The van der Waals surface area contributed by atoms with E-state index in [1.165, 1.54) is 37.4 Å². The van der Waals surface area contributed by atoms with Crippen molar-refractivity contribution in [3.05, 3.63) is 16.6 Å². The molecule has 1 atom stereocenters. The molecule has 1 aliphatic heterocycles. The van der Waals surface area contributed by atoms with Crippen LogP contribution in [0.2, 0.25) is 0 Å². The molecule has 0 radical (unpaired) electrons. The first kappa shape index (κ1) is 9.75. The Morgan fingerprint density at radius 2 is 2.33 bits per heavy atom. The summed E-state index contributed by atoms with van der Waals surface area (Å²) < 4.78 is 0. The van der Waals surface area contributed by atoms with Crippen LogP contribution in [-0.2, 0) is 6.54 Å². The molecule has 1 N–H and O–H groups in total. The highest BCUT2D eigenvalue weighted by atomic mass is 32.1. The third-order valence-corrected chi connectivity index (χ3v) is 4.08. The first-order valence-electron chi connectivity index (χ1n) is 5.78. The summed E-state index contributed by atoms with van der Waals surface area (Å²) in [5.74, 6) is 0. The standard InChI is InChI=1S/C11H17N3S/c1-2-9(1)14(10-3-4-12-7-10)8-11-13-5-6-15-11/h5-6,9-10,12H,1-4,7-8H2. The van der Waals surface area contributed by atoms with Crippen molar-refractivity contribution in [2.75, 3.05) is 13.1 Å². The van der Waals surface area contributed by atoms with Crippen molar-refractivity contribution < 1.29 is 0 Å². The second kappa shape index (κ2) is 4.20. The monoisotopic (exact) mass is 223 g/mol. The Bertz CT molecular complexity index is 302. The molecule has 1 saturated carbocycles. The van der Waals surface area contributed by atoms with E-state index in [2.05, 4.69) is 20.6 Å². The van der Waals surface area contributed by atoms with Crippen LogP contribution < -0.4 is 5.32 Å². The van der Waals surface area contributed by atoms with Gasteiger partial charge in [-0.05, 0) is 25.8 Å². The Labute approximate surface area is 94.5 Å². The number of rotatable bonds is 4. The molecule has 2 aliphatic rings. The molecule has 1 unspecified atom stereocenters. The molecule has 1 aliphatic carbocycles. The molecule has 3 nitrogen and oxygen atoms in total. The largest absolute Gasteiger partial charge is 0.315 e. The van der Waals surface area contributed by atoms with Gasteiger partial charge in [0.05, 0.1) is 6.54 Å². The Morgan fingerprint density at radius 1 is 1.40 bits per heavy atom. The molecule has 0 aromatic carbocycles. The minimum absolute atomic E-state index is 0.751. The minimum atomic E-state index is 0.751. The van der Waals surface area contributed by atoms with Crippen molar-refractivity contribution in [2.45, 2.75) is 37.9 Å². The maximum Gasteiger partial charge on any atom is 0.107 e. The van der Waals surface area contributed by atoms with Crippen LogP contribution >= 0.6 is 11.3 Å². The highest BCUT2D eigenvalue weighted by molar-refractivity contribution is 7.09. The molecule has 1 saturated heterocycles. The number of thiazole rings is 1. The van der Waals surface area contributed by atoms with E-state index in [4.69, 9.17) is 0 Å². The van der Waals surface area contributed by atoms with Crippen LogP contribution in [0.1, 0.15) is 24.3 Å². The van der Waals surface area contributed by atoms with Gasteiger partial charge in [-0.3, -0.25) is 4.90 Å². The molecule has 15 heavy (non-hydrogen) atoms. The average Bonchev–Trinajstić information content (AvgIpc) is 2.78. The topological polar surface area (TPSA) is 28.2 Å². The Kier molecular flexibility index (Phi) is 2.73. The lowest BCUT2D eigenvalue weighted by Gasteiger charge is -2.27. The SMILES string of the molecule is c1csc(CN(C2CC2)C2CCNC2)n1. The van der Waals surface area contributed by atoms with Gasteiger partial charge in [0.1, 0.15) is 5.01 Å². The highest BCUT2D eigenvalue weighted by Gasteiger charge is 2.35. The van der Waals surface area contributed by atoms with E-state index in [0.29, 0.717) is 0 Å². The quantitative estimate of drug-likeness (QED) is 0.838. The fourth-order valence-electron chi connectivity index (χ4n) is 2.37. The minimum Gasteiger partial charge on any atom is -0.315 e. The number of nitrogens with one attached hydrogen (secondary N) is 1. The molecule has 82 valence electrons. The lowest BCUT2D eigenvalue weighted by atomic mass is 10.2. The van der Waals surface area contributed by atoms with Gasteiger partial charge < -0.3 is 5.32 Å². The predicted octanol–water partition coefficient (Wildman–Crippen LogP) is 1.47. The van der Waals surface area contributed by atoms with Crippen molar-refractivity contribution in [3.8, 4) is 0 Å². The molecule has 0 bridgehead atoms. The predicted molar refractivity (Wildman–Crippen MR) is 62.0 cm³/mol. The molecule has 2 fully saturated rings. The van der Waals surface area contributed by atoms with E-state index in [9.17, 15) is 0 Å². The summed E-state index contributed by atoms with van der Waals surface area (Å²) in [6, 6.07) is 1.60. The fourth-order valence-corrected chi connectivity index (χ4v) is 3.00. The molecule has 0 spiro atoms. The third-order valence-electron chi connectivity index (χ3n) is 3.32. The lowest BCUT2D eigenvalue weighted by Crippen LogP contribution is -2.38. The smallest absolute Gasteiger partial charge is 0.107 e. The number of hydrogen-bond donors (Lipinski definition) is 1. The van der Waals surface area contributed by atoms with E-state index < -0.39 is 0 Å². The van der Waals surface area contributed by atoms with Gasteiger partial charge >= 0.3 is 0 Å². The van der Waals surface area contributed by atoms with E-state index in [-0.39, 0.29) is 0 Å². The van der Waals surface area contributed by atoms with Crippen LogP contribution in [0.5, 0.6) is 0 Å². The van der Waals surface area contributed by atoms with Gasteiger partial charge in [0.15, 0.2) is 0 Å². The summed E-state index contributed by atoms with van der Waals surface area (Å²) in [5, 5.41) is 6.81. The molecular formula is C11H17N3S. The Morgan fingerprint density at radius 3 is 2.93 bits per heavy atom. The summed E-state index contributed by atoms with van der Waals surface area (Å²) in [6.45, 7) is 3.42. The highest BCUT2D eigenvalue weighted by Crippen LogP contribution is 2.31. The van der Waals surface area contributed by atoms with Gasteiger partial charge in [-0.15, -0.1) is 11.3 Å². The van der Waals surface area contributed by atoms with E-state index in [1.807, 2.05) is 6.20 Å². The average molecular weight is 223 g/mol. The Balaban J connectivity index is 1.67. The van der Waals surface area contributed by atoms with Crippen molar-refractivity contribution in [1.29, 1.82) is 0 Å². The zero-order valence-electron chi connectivity index (χ0n) is 8.85. The van der Waals surface area contributed by atoms with Gasteiger partial charge in [-0.25, -0.2) is 4.98 Å². The molecule has 3 rings (SSSR count). The molecular weight excluding hydrogens is 206 g/mol. The maximum absolute atomic E-state index is 4.39. The Hall–Kier alpha value is -0.450. The van der Waals surface area contributed by atoms with E-state index >= 15 is 0 Å². The van der Waals surface area contributed by atoms with Gasteiger partial charge in [-0.2, -0.15) is 0 Å². The number of aromatic nitrogens is 1. The van der Waals surface area contributed by atoms with Crippen molar-refractivity contribution in [3.63, 3.8) is 0 Å². The molecule has 4 heteroatoms. The summed E-state index contributed by atoms with van der Waals surface area (Å²) >= 11 is 1.78. The van der Waals surface area contributed by atoms with Crippen LogP contribution in [-0.4, -0.2) is 35.1 Å². The molecule has 2 heterocycles. The summed E-state index contributed by atoms with van der Waals surface area (Å²) in [4.78, 5) is 7.06. The molecule has 1 aromatic rings. The van der Waals surface area contributed by atoms with Crippen LogP contribution in [0.3, 0.4) is 0 Å². The number of hydrogen-bond acceptors (Lipinski definition) is 4. The number of nitrogens with zero attached hydrogens (tertiary/aromatic N) is 2. The summed E-state index contributed by atoms with van der Waals surface area (Å²) in [7, 11) is 0. The first-order chi connectivity index (χ1) is 7.43. The van der Waals surface area contributed by atoms with Gasteiger partial charge in [0, 0.05) is 30.2 Å². The van der Waals surface area contributed by atoms with Gasteiger partial charge in [-0.1, -0.05) is 0 Å².